The second-order valence-corrected chi connectivity index (χ2v) is 8.43. The molecular formula is C20H23F3N6O3. The summed E-state index contributed by atoms with van der Waals surface area (Å²) in [5.41, 5.74) is 6.35. The van der Waals surface area contributed by atoms with Crippen LogP contribution < -0.4 is 10.6 Å². The van der Waals surface area contributed by atoms with E-state index in [4.69, 9.17) is 10.5 Å². The van der Waals surface area contributed by atoms with Crippen molar-refractivity contribution in [3.05, 3.63) is 23.8 Å². The number of piperazine rings is 1. The number of nitrogens with two attached hydrogens (primary N) is 1. The van der Waals surface area contributed by atoms with E-state index >= 15 is 0 Å². The number of benzene rings is 1. The summed E-state index contributed by atoms with van der Waals surface area (Å²) in [5, 5.41) is 0. The molecule has 2 amide bonds. The Morgan fingerprint density at radius 3 is 2.75 bits per heavy atom. The number of hydrogen-bond acceptors (Lipinski definition) is 6. The van der Waals surface area contributed by atoms with Gasteiger partial charge in [-0.15, -0.1) is 0 Å². The quantitative estimate of drug-likeness (QED) is 0.742. The number of nitrogens with zero attached hydrogens (tertiary/aromatic N) is 5. The number of amides is 2. The fourth-order valence-electron chi connectivity index (χ4n) is 4.59. The maximum atomic E-state index is 14.0. The third-order valence-corrected chi connectivity index (χ3v) is 6.39. The Balaban J connectivity index is 1.44. The number of carbonyl (C=O) groups excluding carboxylic acids is 2. The summed E-state index contributed by atoms with van der Waals surface area (Å²) >= 11 is 0. The molecule has 0 aliphatic carbocycles. The zero-order valence-electron chi connectivity index (χ0n) is 17.2. The highest BCUT2D eigenvalue weighted by atomic mass is 19.2. The molecular weight excluding hydrogens is 429 g/mol. The van der Waals surface area contributed by atoms with E-state index in [0.29, 0.717) is 32.1 Å². The van der Waals surface area contributed by atoms with E-state index in [1.54, 1.807) is 14.7 Å². The monoisotopic (exact) mass is 452 g/mol. The van der Waals surface area contributed by atoms with Crippen molar-refractivity contribution in [3.8, 4) is 0 Å². The molecule has 9 nitrogen and oxygen atoms in total. The first-order valence-corrected chi connectivity index (χ1v) is 10.5. The second kappa shape index (κ2) is 7.84. The number of hydrogen-bond donors (Lipinski definition) is 1. The third-order valence-electron chi connectivity index (χ3n) is 6.39. The largest absolute Gasteiger partial charge is 0.447 e. The summed E-state index contributed by atoms with van der Waals surface area (Å²) in [6, 6.07) is 1.07. The highest BCUT2D eigenvalue weighted by molar-refractivity contribution is 5.84. The van der Waals surface area contributed by atoms with Gasteiger partial charge in [0, 0.05) is 44.9 Å². The molecule has 5 rings (SSSR count). The van der Waals surface area contributed by atoms with Crippen LogP contribution >= 0.6 is 0 Å². The Kier molecular flexibility index (Phi) is 5.11. The van der Waals surface area contributed by atoms with Gasteiger partial charge in [-0.2, -0.15) is 0 Å². The van der Waals surface area contributed by atoms with Crippen LogP contribution in [-0.4, -0.2) is 88.9 Å². The summed E-state index contributed by atoms with van der Waals surface area (Å²) in [5.74, 6) is -2.02. The molecule has 0 radical (unpaired) electrons. The van der Waals surface area contributed by atoms with Crippen LogP contribution in [0.3, 0.4) is 0 Å². The van der Waals surface area contributed by atoms with Gasteiger partial charge in [0.25, 0.3) is 0 Å². The van der Waals surface area contributed by atoms with E-state index in [2.05, 4.69) is 4.98 Å². The van der Waals surface area contributed by atoms with Gasteiger partial charge in [-0.25, -0.2) is 22.9 Å². The molecule has 3 aliphatic rings. The topological polar surface area (TPSA) is 96.9 Å². The smallest absolute Gasteiger partial charge is 0.410 e. The van der Waals surface area contributed by atoms with Crippen molar-refractivity contribution < 1.29 is 27.5 Å². The van der Waals surface area contributed by atoms with Gasteiger partial charge in [0.15, 0.2) is 11.6 Å². The fraction of sp³-hybridized carbons (Fsp3) is 0.550. The van der Waals surface area contributed by atoms with E-state index in [-0.39, 0.29) is 55.2 Å². The molecule has 3 saturated heterocycles. The van der Waals surface area contributed by atoms with Gasteiger partial charge in [0.05, 0.1) is 23.1 Å². The molecule has 3 atom stereocenters. The standard InChI is InChI=1S/C20H23F3N6O3/c21-12-1-2-27(8-15(12)24)19-25-16-5-13(22)14(23)6-17(16)29(19)9-18(30)26-3-4-28-11(7-26)10-32-20(28)31/h5-6,11-12,15H,1-4,7-10,24H2/t11?,12-,15-/m1/s1. The molecule has 0 saturated carbocycles. The van der Waals surface area contributed by atoms with E-state index in [9.17, 15) is 22.8 Å². The third kappa shape index (κ3) is 3.51. The van der Waals surface area contributed by atoms with Crippen molar-refractivity contribution in [1.29, 1.82) is 0 Å². The molecule has 1 aromatic heterocycles. The Labute approximate surface area is 181 Å². The molecule has 12 heteroatoms. The first-order chi connectivity index (χ1) is 15.3. The summed E-state index contributed by atoms with van der Waals surface area (Å²) in [4.78, 5) is 34.2. The van der Waals surface area contributed by atoms with Crippen LogP contribution in [-0.2, 0) is 16.1 Å². The van der Waals surface area contributed by atoms with Gasteiger partial charge < -0.3 is 24.8 Å². The number of aromatic nitrogens is 2. The minimum atomic E-state index is -1.15. The van der Waals surface area contributed by atoms with Crippen molar-refractivity contribution in [3.63, 3.8) is 0 Å². The highest BCUT2D eigenvalue weighted by Gasteiger charge is 2.39. The maximum absolute atomic E-state index is 14.0. The molecule has 172 valence electrons. The van der Waals surface area contributed by atoms with Crippen LogP contribution in [0.15, 0.2) is 12.1 Å². The number of fused-ring (bicyclic) bond motifs is 2. The fourth-order valence-corrected chi connectivity index (χ4v) is 4.59. The molecule has 0 bridgehead atoms. The van der Waals surface area contributed by atoms with Crippen LogP contribution in [0.2, 0.25) is 0 Å². The van der Waals surface area contributed by atoms with Gasteiger partial charge in [-0.3, -0.25) is 9.69 Å². The average molecular weight is 452 g/mol. The number of ether oxygens (including phenoxy) is 1. The van der Waals surface area contributed by atoms with Crippen LogP contribution in [0.25, 0.3) is 11.0 Å². The van der Waals surface area contributed by atoms with Crippen molar-refractivity contribution in [2.45, 2.75) is 31.2 Å². The van der Waals surface area contributed by atoms with E-state index in [1.165, 1.54) is 4.57 Å². The molecule has 2 aromatic rings. The summed E-state index contributed by atoms with van der Waals surface area (Å²) in [6.45, 7) is 1.58. The first-order valence-electron chi connectivity index (χ1n) is 10.5. The number of piperidine rings is 1. The van der Waals surface area contributed by atoms with E-state index in [0.717, 1.165) is 12.1 Å². The molecule has 4 heterocycles. The van der Waals surface area contributed by atoms with E-state index in [1.807, 2.05) is 0 Å². The van der Waals surface area contributed by atoms with Gasteiger partial charge in [-0.05, 0) is 6.42 Å². The molecule has 0 spiro atoms. The molecule has 3 fully saturated rings. The van der Waals surface area contributed by atoms with Gasteiger partial charge in [0.2, 0.25) is 11.9 Å². The van der Waals surface area contributed by atoms with Crippen LogP contribution in [0, 0.1) is 11.6 Å². The lowest BCUT2D eigenvalue weighted by molar-refractivity contribution is -0.133. The lowest BCUT2D eigenvalue weighted by Gasteiger charge is -2.36. The van der Waals surface area contributed by atoms with Crippen molar-refractivity contribution in [2.75, 3.05) is 44.2 Å². The van der Waals surface area contributed by atoms with E-state index < -0.39 is 23.8 Å². The SMILES string of the molecule is N[C@@H]1CN(c2nc3cc(F)c(F)cc3n2CC(=O)N2CCN3C(=O)OCC3C2)CC[C@H]1F. The molecule has 1 unspecified atom stereocenters. The number of alkyl halides is 1. The number of rotatable bonds is 3. The lowest BCUT2D eigenvalue weighted by atomic mass is 10.1. The van der Waals surface area contributed by atoms with Crippen LogP contribution in [0.4, 0.5) is 23.9 Å². The minimum absolute atomic E-state index is 0.163. The Morgan fingerprint density at radius 1 is 1.19 bits per heavy atom. The summed E-state index contributed by atoms with van der Waals surface area (Å²) in [6.07, 6.45) is -1.33. The van der Waals surface area contributed by atoms with Crippen molar-refractivity contribution >= 4 is 29.0 Å². The average Bonchev–Trinajstić information content (AvgIpc) is 3.31. The zero-order chi connectivity index (χ0) is 22.6. The Morgan fingerprint density at radius 2 is 1.97 bits per heavy atom. The van der Waals surface area contributed by atoms with Gasteiger partial charge in [-0.1, -0.05) is 0 Å². The van der Waals surface area contributed by atoms with Crippen LogP contribution in [0.1, 0.15) is 6.42 Å². The zero-order valence-corrected chi connectivity index (χ0v) is 17.2. The lowest BCUT2D eigenvalue weighted by Crippen LogP contribution is -2.54. The molecule has 32 heavy (non-hydrogen) atoms. The second-order valence-electron chi connectivity index (χ2n) is 8.43. The molecule has 1 aromatic carbocycles. The van der Waals surface area contributed by atoms with Crippen molar-refractivity contribution in [1.82, 2.24) is 19.4 Å². The van der Waals surface area contributed by atoms with Gasteiger partial charge >= 0.3 is 6.09 Å². The highest BCUT2D eigenvalue weighted by Crippen LogP contribution is 2.28. The number of imidazole rings is 1. The predicted molar refractivity (Wildman–Crippen MR) is 108 cm³/mol. The maximum Gasteiger partial charge on any atom is 0.410 e. The Bertz CT molecular complexity index is 1080. The number of anilines is 1. The van der Waals surface area contributed by atoms with Gasteiger partial charge in [0.1, 0.15) is 19.3 Å². The van der Waals surface area contributed by atoms with Crippen molar-refractivity contribution in [2.24, 2.45) is 5.73 Å². The number of carbonyl (C=O) groups is 2. The number of halogens is 3. The normalized spacial score (nSPS) is 25.9. The number of cyclic esters (lactones) is 1. The molecule has 3 aliphatic heterocycles. The Hall–Kier alpha value is -3.02. The summed E-state index contributed by atoms with van der Waals surface area (Å²) < 4.78 is 48.3. The summed E-state index contributed by atoms with van der Waals surface area (Å²) in [7, 11) is 0. The first kappa shape index (κ1) is 20.9. The van der Waals surface area contributed by atoms with Crippen LogP contribution in [0.5, 0.6) is 0 Å². The minimum Gasteiger partial charge on any atom is -0.447 e. The molecule has 2 N–H and O–H groups in total. The predicted octanol–water partition coefficient (Wildman–Crippen LogP) is 0.853.